The predicted molar refractivity (Wildman–Crippen MR) is 174 cm³/mol. The van der Waals surface area contributed by atoms with Gasteiger partial charge >= 0.3 is 0 Å². The van der Waals surface area contributed by atoms with Gasteiger partial charge in [0.1, 0.15) is 0 Å². The molecule has 0 unspecified atom stereocenters. The van der Waals surface area contributed by atoms with E-state index in [4.69, 9.17) is 0 Å². The Kier molecular flexibility index (Phi) is 34.9. The topological polar surface area (TPSA) is 30.0 Å². The Bertz CT molecular complexity index is 333. The Morgan fingerprint density at radius 2 is 0.395 bits per heavy atom. The third-order valence-corrected chi connectivity index (χ3v) is 8.94. The van der Waals surface area contributed by atoms with Gasteiger partial charge in [-0.3, -0.25) is 0 Å². The molecule has 2 nitrogen and oxygen atoms in total. The van der Waals surface area contributed by atoms with Crippen molar-refractivity contribution in [1.82, 2.24) is 0 Å². The minimum absolute atomic E-state index is 0. The van der Waals surface area contributed by atoms with E-state index in [0.717, 1.165) is 0 Å². The number of nitrogens with zero attached hydrogens (tertiary/aromatic N) is 1. The third kappa shape index (κ3) is 27.5. The number of hydrogen-bond donors (Lipinski definition) is 0. The monoisotopic (exact) mass is 540 g/mol. The first-order valence-corrected chi connectivity index (χ1v) is 18.1. The van der Waals surface area contributed by atoms with E-state index in [1.165, 1.54) is 210 Å². The molecule has 0 radical (unpaired) electrons. The van der Waals surface area contributed by atoms with Crippen molar-refractivity contribution in [1.29, 1.82) is 0 Å². The molecule has 0 atom stereocenters. The fourth-order valence-electron chi connectivity index (χ4n) is 6.29. The van der Waals surface area contributed by atoms with E-state index in [0.29, 0.717) is 0 Å². The van der Waals surface area contributed by atoms with Gasteiger partial charge in [0.2, 0.25) is 0 Å². The average molecular weight is 540 g/mol. The highest BCUT2D eigenvalue weighted by Crippen LogP contribution is 2.21. The van der Waals surface area contributed by atoms with Crippen LogP contribution in [-0.2, 0) is 0 Å². The highest BCUT2D eigenvalue weighted by Gasteiger charge is 2.25. The molecule has 0 rings (SSSR count). The van der Waals surface area contributed by atoms with Crippen LogP contribution in [0.5, 0.6) is 0 Å². The van der Waals surface area contributed by atoms with E-state index >= 15 is 0 Å². The third-order valence-electron chi connectivity index (χ3n) is 8.94. The Labute approximate surface area is 243 Å². The summed E-state index contributed by atoms with van der Waals surface area (Å²) in [6, 6.07) is 0. The summed E-state index contributed by atoms with van der Waals surface area (Å²) >= 11 is 0. The summed E-state index contributed by atoms with van der Waals surface area (Å²) in [6.45, 7) is 15.3. The van der Waals surface area contributed by atoms with Gasteiger partial charge in [-0.25, -0.2) is 0 Å². The van der Waals surface area contributed by atoms with Crippen LogP contribution in [0.25, 0.3) is 0 Å². The van der Waals surface area contributed by atoms with Gasteiger partial charge in [0.05, 0.1) is 26.2 Å². The standard InChI is InChI=1S/C36H76N.H2O/c1-5-9-13-17-21-25-29-33-37(34-30-26-22-18-14-10-6-2,35-31-27-23-19-15-11-7-3)36-32-28-24-20-16-12-8-4;/h5-36H2,1-4H3;1H2/q+1;/p-1. The molecular weight excluding hydrogens is 462 g/mol. The molecule has 0 fully saturated rings. The summed E-state index contributed by atoms with van der Waals surface area (Å²) in [6.07, 6.45) is 40.7. The van der Waals surface area contributed by atoms with E-state index in [-0.39, 0.29) is 5.48 Å². The zero-order valence-corrected chi connectivity index (χ0v) is 27.5. The molecule has 232 valence electrons. The molecule has 0 aromatic carbocycles. The summed E-state index contributed by atoms with van der Waals surface area (Å²) in [5.74, 6) is 0. The number of hydrogen-bond acceptors (Lipinski definition) is 1. The van der Waals surface area contributed by atoms with Gasteiger partial charge in [-0.15, -0.1) is 0 Å². The molecule has 38 heavy (non-hydrogen) atoms. The van der Waals surface area contributed by atoms with Crippen molar-refractivity contribution in [3.05, 3.63) is 0 Å². The summed E-state index contributed by atoms with van der Waals surface area (Å²) in [7, 11) is 0. The summed E-state index contributed by atoms with van der Waals surface area (Å²) in [5.41, 5.74) is 0. The van der Waals surface area contributed by atoms with Crippen LogP contribution in [0, 0.1) is 0 Å². The van der Waals surface area contributed by atoms with Gasteiger partial charge in [-0.2, -0.15) is 0 Å². The largest absolute Gasteiger partial charge is 0.870 e. The second-order valence-corrected chi connectivity index (χ2v) is 12.7. The van der Waals surface area contributed by atoms with Crippen LogP contribution in [0.4, 0.5) is 0 Å². The minimum Gasteiger partial charge on any atom is -0.870 e. The van der Waals surface area contributed by atoms with Gasteiger partial charge in [0.25, 0.3) is 0 Å². The lowest BCUT2D eigenvalue weighted by Crippen LogP contribution is -2.50. The molecule has 0 spiro atoms. The quantitative estimate of drug-likeness (QED) is 0.0617. The molecular formula is C36H77NO. The van der Waals surface area contributed by atoms with E-state index in [9.17, 15) is 0 Å². The lowest BCUT2D eigenvalue weighted by molar-refractivity contribution is -0.929. The van der Waals surface area contributed by atoms with E-state index in [1.54, 1.807) is 0 Å². The molecule has 1 N–H and O–H groups in total. The zero-order valence-electron chi connectivity index (χ0n) is 27.5. The summed E-state index contributed by atoms with van der Waals surface area (Å²) in [4.78, 5) is 0. The average Bonchev–Trinajstić information content (AvgIpc) is 2.91. The molecule has 0 aromatic rings. The SMILES string of the molecule is CCCCCCCCC[N+](CCCCCCCCC)(CCCCCCCCC)CCCCCCCCC.[OH-]. The molecule has 0 saturated heterocycles. The highest BCUT2D eigenvalue weighted by molar-refractivity contribution is 4.55. The van der Waals surface area contributed by atoms with Crippen molar-refractivity contribution in [2.45, 2.75) is 207 Å². The van der Waals surface area contributed by atoms with Crippen molar-refractivity contribution in [3.8, 4) is 0 Å². The normalized spacial score (nSPS) is 11.7. The Hall–Kier alpha value is -0.0800. The Morgan fingerprint density at radius 1 is 0.237 bits per heavy atom. The van der Waals surface area contributed by atoms with E-state index in [2.05, 4.69) is 27.7 Å². The van der Waals surface area contributed by atoms with Crippen molar-refractivity contribution in [3.63, 3.8) is 0 Å². The van der Waals surface area contributed by atoms with Gasteiger partial charge < -0.3 is 9.96 Å². The summed E-state index contributed by atoms with van der Waals surface area (Å²) < 4.78 is 1.48. The Morgan fingerprint density at radius 3 is 0.579 bits per heavy atom. The highest BCUT2D eigenvalue weighted by atomic mass is 16.0. The van der Waals surface area contributed by atoms with E-state index < -0.39 is 0 Å². The lowest BCUT2D eigenvalue weighted by Gasteiger charge is -2.40. The van der Waals surface area contributed by atoms with Crippen LogP contribution < -0.4 is 0 Å². The number of rotatable bonds is 32. The molecule has 0 aliphatic rings. The molecule has 0 amide bonds. The van der Waals surface area contributed by atoms with Crippen molar-refractivity contribution >= 4 is 0 Å². The fraction of sp³-hybridized carbons (Fsp3) is 1.00. The molecule has 0 aliphatic heterocycles. The minimum atomic E-state index is 0. The molecule has 0 bridgehead atoms. The maximum atomic E-state index is 2.34. The first kappa shape index (κ1) is 40.1. The molecule has 0 aromatic heterocycles. The number of quaternary nitrogens is 1. The second-order valence-electron chi connectivity index (χ2n) is 12.7. The van der Waals surface area contributed by atoms with Gasteiger partial charge in [0, 0.05) is 0 Å². The van der Waals surface area contributed by atoms with Crippen molar-refractivity contribution in [2.75, 3.05) is 26.2 Å². The first-order chi connectivity index (χ1) is 18.2. The molecule has 0 heterocycles. The zero-order chi connectivity index (χ0) is 27.1. The Balaban J connectivity index is 0. The maximum Gasteiger partial charge on any atom is 0.0786 e. The van der Waals surface area contributed by atoms with Crippen LogP contribution >= 0.6 is 0 Å². The number of unbranched alkanes of at least 4 members (excludes halogenated alkanes) is 24. The maximum absolute atomic E-state index is 2.34. The van der Waals surface area contributed by atoms with Gasteiger partial charge in [-0.05, 0) is 51.4 Å². The first-order valence-electron chi connectivity index (χ1n) is 18.1. The molecule has 0 saturated carbocycles. The molecule has 0 aliphatic carbocycles. The van der Waals surface area contributed by atoms with Crippen molar-refractivity contribution < 1.29 is 9.96 Å². The van der Waals surface area contributed by atoms with Crippen LogP contribution in [0.2, 0.25) is 0 Å². The van der Waals surface area contributed by atoms with Gasteiger partial charge in [0.15, 0.2) is 0 Å². The van der Waals surface area contributed by atoms with Crippen LogP contribution in [0.1, 0.15) is 207 Å². The van der Waals surface area contributed by atoms with Crippen LogP contribution in [0.3, 0.4) is 0 Å². The predicted octanol–water partition coefficient (Wildman–Crippen LogP) is 12.6. The smallest absolute Gasteiger partial charge is 0.0786 e. The van der Waals surface area contributed by atoms with Gasteiger partial charge in [-0.1, -0.05) is 156 Å². The molecule has 2 heteroatoms. The van der Waals surface area contributed by atoms with Crippen LogP contribution in [-0.4, -0.2) is 36.1 Å². The fourth-order valence-corrected chi connectivity index (χ4v) is 6.29. The summed E-state index contributed by atoms with van der Waals surface area (Å²) in [5, 5.41) is 0. The second kappa shape index (κ2) is 33.1. The van der Waals surface area contributed by atoms with Crippen LogP contribution in [0.15, 0.2) is 0 Å². The van der Waals surface area contributed by atoms with Crippen molar-refractivity contribution in [2.24, 2.45) is 0 Å². The lowest BCUT2D eigenvalue weighted by atomic mass is 10.0. The van der Waals surface area contributed by atoms with E-state index in [1.807, 2.05) is 0 Å².